The molecule has 7 heteroatoms. The van der Waals surface area contributed by atoms with Crippen LogP contribution in [0.15, 0.2) is 36.7 Å². The number of carbonyl (C=O) groups excluding carboxylic acids is 1. The van der Waals surface area contributed by atoms with E-state index >= 15 is 0 Å². The van der Waals surface area contributed by atoms with Gasteiger partial charge in [0.15, 0.2) is 11.5 Å². The lowest BCUT2D eigenvalue weighted by Gasteiger charge is -2.08. The Balaban J connectivity index is 2.10. The predicted octanol–water partition coefficient (Wildman–Crippen LogP) is 2.03. The number of aromatic nitrogens is 3. The number of nitrogen functional groups attached to an aromatic ring is 2. The van der Waals surface area contributed by atoms with E-state index in [0.717, 1.165) is 10.9 Å². The third-order valence-electron chi connectivity index (χ3n) is 3.32. The summed E-state index contributed by atoms with van der Waals surface area (Å²) in [5.41, 5.74) is 14.0. The summed E-state index contributed by atoms with van der Waals surface area (Å²) in [7, 11) is 0. The molecule has 0 saturated carbocycles. The minimum absolute atomic E-state index is 0.0519. The van der Waals surface area contributed by atoms with E-state index in [2.05, 4.69) is 15.0 Å². The van der Waals surface area contributed by atoms with Gasteiger partial charge in [-0.3, -0.25) is 4.98 Å². The Kier molecular flexibility index (Phi) is 3.76. The summed E-state index contributed by atoms with van der Waals surface area (Å²) in [5, 5.41) is 0.795. The lowest BCUT2D eigenvalue weighted by molar-refractivity contribution is 0.0521. The molecule has 0 atom stereocenters. The lowest BCUT2D eigenvalue weighted by atomic mass is 10.1. The van der Waals surface area contributed by atoms with Crippen LogP contribution in [0.4, 0.5) is 11.4 Å². The molecule has 2 heterocycles. The number of nitrogens with zero attached hydrogens (tertiary/aromatic N) is 3. The first-order valence-corrected chi connectivity index (χ1v) is 7.04. The Morgan fingerprint density at radius 1 is 1.17 bits per heavy atom. The molecule has 3 aromatic rings. The van der Waals surface area contributed by atoms with Gasteiger partial charge >= 0.3 is 5.97 Å². The van der Waals surface area contributed by atoms with Gasteiger partial charge in [0, 0.05) is 22.8 Å². The number of nitrogens with two attached hydrogens (primary N) is 2. The van der Waals surface area contributed by atoms with Crippen LogP contribution in [-0.2, 0) is 4.74 Å². The third-order valence-corrected chi connectivity index (χ3v) is 3.32. The van der Waals surface area contributed by atoms with Crippen LogP contribution in [0.5, 0.6) is 0 Å². The van der Waals surface area contributed by atoms with Gasteiger partial charge < -0.3 is 16.2 Å². The van der Waals surface area contributed by atoms with Crippen molar-refractivity contribution >= 4 is 28.2 Å². The molecule has 0 aliphatic heterocycles. The third kappa shape index (κ3) is 2.76. The Morgan fingerprint density at radius 2 is 2.00 bits per heavy atom. The molecule has 3 rings (SSSR count). The maximum atomic E-state index is 11.9. The summed E-state index contributed by atoms with van der Waals surface area (Å²) >= 11 is 0. The van der Waals surface area contributed by atoms with Gasteiger partial charge in [0.25, 0.3) is 0 Å². The first kappa shape index (κ1) is 14.7. The van der Waals surface area contributed by atoms with Gasteiger partial charge in [-0.15, -0.1) is 0 Å². The summed E-state index contributed by atoms with van der Waals surface area (Å²) in [6, 6.07) is 7.19. The van der Waals surface area contributed by atoms with Gasteiger partial charge in [-0.1, -0.05) is 0 Å². The Morgan fingerprint density at radius 3 is 2.78 bits per heavy atom. The van der Waals surface area contributed by atoms with E-state index in [-0.39, 0.29) is 18.0 Å². The molecular formula is C16H15N5O2. The fraction of sp³-hybridized carbons (Fsp3) is 0.125. The number of rotatable bonds is 3. The molecule has 2 aromatic heterocycles. The molecule has 0 aliphatic carbocycles. The second-order valence-electron chi connectivity index (χ2n) is 4.85. The molecular weight excluding hydrogens is 294 g/mol. The van der Waals surface area contributed by atoms with Crippen molar-refractivity contribution in [3.63, 3.8) is 0 Å². The predicted molar refractivity (Wildman–Crippen MR) is 87.6 cm³/mol. The number of benzene rings is 1. The summed E-state index contributed by atoms with van der Waals surface area (Å²) in [4.78, 5) is 24.5. The van der Waals surface area contributed by atoms with Crippen LogP contribution in [0, 0.1) is 0 Å². The van der Waals surface area contributed by atoms with Crippen LogP contribution >= 0.6 is 0 Å². The van der Waals surface area contributed by atoms with E-state index < -0.39 is 5.97 Å². The Hall–Kier alpha value is -3.22. The fourth-order valence-corrected chi connectivity index (χ4v) is 2.20. The quantitative estimate of drug-likeness (QED) is 0.711. The van der Waals surface area contributed by atoms with Gasteiger partial charge in [-0.2, -0.15) is 0 Å². The molecule has 1 aromatic carbocycles. The number of hydrogen-bond acceptors (Lipinski definition) is 7. The van der Waals surface area contributed by atoms with E-state index in [9.17, 15) is 4.79 Å². The standard InChI is InChI=1S/C16H15N5O2/c1-2-23-16(22)14-12(18)8-20-15(21-14)9-3-4-13-10(7-9)11(17)5-6-19-13/h3-8H,2,18H2,1H3,(H2,17,19). The van der Waals surface area contributed by atoms with E-state index in [4.69, 9.17) is 16.2 Å². The van der Waals surface area contributed by atoms with Crippen molar-refractivity contribution in [1.82, 2.24) is 15.0 Å². The Bertz CT molecular complexity index is 895. The number of carbonyl (C=O) groups is 1. The number of anilines is 2. The molecule has 23 heavy (non-hydrogen) atoms. The summed E-state index contributed by atoms with van der Waals surface area (Å²) in [6.07, 6.45) is 3.04. The van der Waals surface area contributed by atoms with Crippen LogP contribution in [0.3, 0.4) is 0 Å². The number of fused-ring (bicyclic) bond motifs is 1. The fourth-order valence-electron chi connectivity index (χ4n) is 2.20. The molecule has 116 valence electrons. The maximum Gasteiger partial charge on any atom is 0.359 e. The van der Waals surface area contributed by atoms with Gasteiger partial charge in [-0.05, 0) is 31.2 Å². The highest BCUT2D eigenvalue weighted by Crippen LogP contribution is 2.25. The van der Waals surface area contributed by atoms with Gasteiger partial charge in [0.2, 0.25) is 0 Å². The molecule has 0 bridgehead atoms. The first-order valence-electron chi connectivity index (χ1n) is 7.04. The van der Waals surface area contributed by atoms with Crippen molar-refractivity contribution < 1.29 is 9.53 Å². The van der Waals surface area contributed by atoms with Gasteiger partial charge in [0.1, 0.15) is 0 Å². The van der Waals surface area contributed by atoms with E-state index in [1.54, 1.807) is 19.2 Å². The largest absolute Gasteiger partial charge is 0.461 e. The van der Waals surface area contributed by atoms with Crippen LogP contribution in [0.2, 0.25) is 0 Å². The molecule has 0 radical (unpaired) electrons. The first-order chi connectivity index (χ1) is 11.1. The van der Waals surface area contributed by atoms with Crippen molar-refractivity contribution in [3.8, 4) is 11.4 Å². The molecule has 0 unspecified atom stereocenters. The number of esters is 1. The van der Waals surface area contributed by atoms with Crippen LogP contribution in [-0.4, -0.2) is 27.5 Å². The monoisotopic (exact) mass is 309 g/mol. The van der Waals surface area contributed by atoms with Crippen molar-refractivity contribution in [2.24, 2.45) is 0 Å². The van der Waals surface area contributed by atoms with E-state index in [1.807, 2.05) is 18.2 Å². The highest BCUT2D eigenvalue weighted by molar-refractivity contribution is 5.94. The lowest BCUT2D eigenvalue weighted by Crippen LogP contribution is -2.11. The number of pyridine rings is 1. The summed E-state index contributed by atoms with van der Waals surface area (Å²) < 4.78 is 4.95. The highest BCUT2D eigenvalue weighted by Gasteiger charge is 2.15. The second kappa shape index (κ2) is 5.88. The summed E-state index contributed by atoms with van der Waals surface area (Å²) in [6.45, 7) is 1.96. The molecule has 4 N–H and O–H groups in total. The van der Waals surface area contributed by atoms with Gasteiger partial charge in [-0.25, -0.2) is 14.8 Å². The molecule has 0 aliphatic rings. The topological polar surface area (TPSA) is 117 Å². The minimum atomic E-state index is -0.574. The second-order valence-corrected chi connectivity index (χ2v) is 4.85. The molecule has 0 saturated heterocycles. The molecule has 7 nitrogen and oxygen atoms in total. The smallest absolute Gasteiger partial charge is 0.359 e. The van der Waals surface area contributed by atoms with Crippen LogP contribution in [0.25, 0.3) is 22.3 Å². The van der Waals surface area contributed by atoms with Crippen molar-refractivity contribution in [1.29, 1.82) is 0 Å². The van der Waals surface area contributed by atoms with E-state index in [0.29, 0.717) is 17.1 Å². The molecule has 0 fully saturated rings. The average Bonchev–Trinajstić information content (AvgIpc) is 2.55. The van der Waals surface area contributed by atoms with E-state index in [1.165, 1.54) is 6.20 Å². The van der Waals surface area contributed by atoms with Crippen LogP contribution < -0.4 is 11.5 Å². The van der Waals surface area contributed by atoms with Gasteiger partial charge in [0.05, 0.1) is 24.0 Å². The van der Waals surface area contributed by atoms with Crippen molar-refractivity contribution in [2.45, 2.75) is 6.92 Å². The summed E-state index contributed by atoms with van der Waals surface area (Å²) in [5.74, 6) is -0.206. The average molecular weight is 309 g/mol. The Labute approximate surface area is 132 Å². The number of ether oxygens (including phenoxy) is 1. The minimum Gasteiger partial charge on any atom is -0.461 e. The molecule has 0 amide bonds. The zero-order valence-electron chi connectivity index (χ0n) is 12.5. The van der Waals surface area contributed by atoms with Crippen molar-refractivity contribution in [3.05, 3.63) is 42.4 Å². The highest BCUT2D eigenvalue weighted by atomic mass is 16.5. The zero-order chi connectivity index (χ0) is 16.4. The SMILES string of the molecule is CCOC(=O)c1nc(-c2ccc3nccc(N)c3c2)ncc1N. The number of hydrogen-bond donors (Lipinski definition) is 2. The van der Waals surface area contributed by atoms with Crippen molar-refractivity contribution in [2.75, 3.05) is 18.1 Å². The maximum absolute atomic E-state index is 11.9. The zero-order valence-corrected chi connectivity index (χ0v) is 12.5. The molecule has 0 spiro atoms. The van der Waals surface area contributed by atoms with Crippen LogP contribution in [0.1, 0.15) is 17.4 Å². The normalized spacial score (nSPS) is 10.7.